The zero-order valence-electron chi connectivity index (χ0n) is 10.4. The zero-order chi connectivity index (χ0) is 13.0. The molecule has 2 rings (SSSR count). The first-order chi connectivity index (χ1) is 8.72. The van der Waals surface area contributed by atoms with E-state index in [0.29, 0.717) is 6.61 Å². The van der Waals surface area contributed by atoms with Crippen molar-refractivity contribution in [1.29, 1.82) is 0 Å². The van der Waals surface area contributed by atoms with Crippen molar-refractivity contribution in [2.75, 3.05) is 6.61 Å². The van der Waals surface area contributed by atoms with Crippen LogP contribution in [0.3, 0.4) is 0 Å². The molecule has 0 aromatic carbocycles. The minimum Gasteiger partial charge on any atom is -0.492 e. The highest BCUT2D eigenvalue weighted by atomic mass is 79.9. The van der Waals surface area contributed by atoms with Crippen molar-refractivity contribution in [2.24, 2.45) is 0 Å². The van der Waals surface area contributed by atoms with Crippen molar-refractivity contribution >= 4 is 15.9 Å². The molecule has 0 aliphatic carbocycles. The number of aromatic nitrogens is 3. The SMILES string of the molecule is CCOc1cncc(-c2cc(Br)nc(CC)n2)c1. The number of ether oxygens (including phenoxy) is 1. The Bertz CT molecular complexity index is 546. The van der Waals surface area contributed by atoms with Crippen molar-refractivity contribution in [1.82, 2.24) is 15.0 Å². The summed E-state index contributed by atoms with van der Waals surface area (Å²) in [6, 6.07) is 3.82. The molecule has 2 heterocycles. The van der Waals surface area contributed by atoms with Crippen LogP contribution >= 0.6 is 15.9 Å². The molecular formula is C13H14BrN3O. The highest BCUT2D eigenvalue weighted by Gasteiger charge is 2.06. The van der Waals surface area contributed by atoms with Gasteiger partial charge in [-0.1, -0.05) is 6.92 Å². The highest BCUT2D eigenvalue weighted by molar-refractivity contribution is 9.10. The Morgan fingerprint density at radius 3 is 2.72 bits per heavy atom. The number of hydrogen-bond acceptors (Lipinski definition) is 4. The molecule has 0 aliphatic rings. The van der Waals surface area contributed by atoms with E-state index in [1.54, 1.807) is 12.4 Å². The molecule has 0 saturated carbocycles. The zero-order valence-corrected chi connectivity index (χ0v) is 11.9. The van der Waals surface area contributed by atoms with Gasteiger partial charge in [-0.05, 0) is 35.0 Å². The number of rotatable bonds is 4. The number of aryl methyl sites for hydroxylation is 1. The summed E-state index contributed by atoms with van der Waals surface area (Å²) in [4.78, 5) is 12.9. The van der Waals surface area contributed by atoms with E-state index in [-0.39, 0.29) is 0 Å². The Morgan fingerprint density at radius 2 is 2.00 bits per heavy atom. The smallest absolute Gasteiger partial charge is 0.138 e. The summed E-state index contributed by atoms with van der Waals surface area (Å²) < 4.78 is 6.22. The summed E-state index contributed by atoms with van der Waals surface area (Å²) in [5.41, 5.74) is 1.78. The number of nitrogens with zero attached hydrogens (tertiary/aromatic N) is 3. The average molecular weight is 308 g/mol. The standard InChI is InChI=1S/C13H14BrN3O/c1-3-13-16-11(6-12(14)17-13)9-5-10(18-4-2)8-15-7-9/h5-8H,3-4H2,1-2H3. The van der Waals surface area contributed by atoms with E-state index in [9.17, 15) is 0 Å². The predicted octanol–water partition coefficient (Wildman–Crippen LogP) is 3.26. The molecule has 0 bridgehead atoms. The van der Waals surface area contributed by atoms with Gasteiger partial charge in [-0.25, -0.2) is 9.97 Å². The molecule has 0 atom stereocenters. The third-order valence-electron chi connectivity index (χ3n) is 2.38. The molecule has 2 aromatic rings. The Hall–Kier alpha value is -1.49. The van der Waals surface area contributed by atoms with Gasteiger partial charge in [0.15, 0.2) is 0 Å². The van der Waals surface area contributed by atoms with Gasteiger partial charge in [-0.2, -0.15) is 0 Å². The molecule has 0 amide bonds. The second-order valence-electron chi connectivity index (χ2n) is 3.69. The van der Waals surface area contributed by atoms with Crippen LogP contribution in [0.5, 0.6) is 5.75 Å². The van der Waals surface area contributed by atoms with Crippen molar-refractivity contribution < 1.29 is 4.74 Å². The Balaban J connectivity index is 2.41. The minimum absolute atomic E-state index is 0.624. The van der Waals surface area contributed by atoms with Crippen LogP contribution in [0.25, 0.3) is 11.3 Å². The van der Waals surface area contributed by atoms with Gasteiger partial charge in [-0.3, -0.25) is 4.98 Å². The van der Waals surface area contributed by atoms with Crippen LogP contribution in [-0.4, -0.2) is 21.6 Å². The van der Waals surface area contributed by atoms with Gasteiger partial charge >= 0.3 is 0 Å². The summed E-state index contributed by atoms with van der Waals surface area (Å²) in [5.74, 6) is 1.56. The number of halogens is 1. The molecule has 0 aliphatic heterocycles. The average Bonchev–Trinajstić information content (AvgIpc) is 2.39. The summed E-state index contributed by atoms with van der Waals surface area (Å²) in [6.45, 7) is 4.60. The summed E-state index contributed by atoms with van der Waals surface area (Å²) in [5, 5.41) is 0. The van der Waals surface area contributed by atoms with Crippen LogP contribution in [-0.2, 0) is 6.42 Å². The third-order valence-corrected chi connectivity index (χ3v) is 2.78. The molecule has 0 fully saturated rings. The van der Waals surface area contributed by atoms with Crippen LogP contribution in [0.2, 0.25) is 0 Å². The van der Waals surface area contributed by atoms with Crippen molar-refractivity contribution in [3.05, 3.63) is 35.0 Å². The van der Waals surface area contributed by atoms with Crippen LogP contribution in [0.4, 0.5) is 0 Å². The topological polar surface area (TPSA) is 47.9 Å². The Kier molecular flexibility index (Phi) is 4.25. The quantitative estimate of drug-likeness (QED) is 0.813. The molecule has 2 aromatic heterocycles. The highest BCUT2D eigenvalue weighted by Crippen LogP contribution is 2.23. The lowest BCUT2D eigenvalue weighted by molar-refractivity contribution is 0.339. The third kappa shape index (κ3) is 3.04. The molecule has 4 nitrogen and oxygen atoms in total. The van der Waals surface area contributed by atoms with Gasteiger partial charge in [-0.15, -0.1) is 0 Å². The fourth-order valence-electron chi connectivity index (χ4n) is 1.58. The molecule has 0 saturated heterocycles. The van der Waals surface area contributed by atoms with E-state index in [1.807, 2.05) is 26.0 Å². The number of hydrogen-bond donors (Lipinski definition) is 0. The van der Waals surface area contributed by atoms with Crippen LogP contribution in [0.15, 0.2) is 29.1 Å². The van der Waals surface area contributed by atoms with Crippen LogP contribution in [0.1, 0.15) is 19.7 Å². The fourth-order valence-corrected chi connectivity index (χ4v) is 2.00. The first-order valence-electron chi connectivity index (χ1n) is 5.84. The molecule has 0 N–H and O–H groups in total. The predicted molar refractivity (Wildman–Crippen MR) is 73.5 cm³/mol. The second kappa shape index (κ2) is 5.91. The van der Waals surface area contributed by atoms with Crippen LogP contribution < -0.4 is 4.74 Å². The summed E-state index contributed by atoms with van der Waals surface area (Å²) in [7, 11) is 0. The van der Waals surface area contributed by atoms with E-state index >= 15 is 0 Å². The fraction of sp³-hybridized carbons (Fsp3) is 0.308. The molecule has 0 spiro atoms. The second-order valence-corrected chi connectivity index (χ2v) is 4.50. The van der Waals surface area contributed by atoms with Gasteiger partial charge in [0.1, 0.15) is 16.2 Å². The van der Waals surface area contributed by atoms with Gasteiger partial charge in [0.05, 0.1) is 18.5 Å². The summed E-state index contributed by atoms with van der Waals surface area (Å²) >= 11 is 3.40. The first kappa shape index (κ1) is 13.0. The maximum absolute atomic E-state index is 5.44. The molecule has 94 valence electrons. The van der Waals surface area contributed by atoms with Crippen molar-refractivity contribution in [2.45, 2.75) is 20.3 Å². The van der Waals surface area contributed by atoms with E-state index in [1.165, 1.54) is 0 Å². The lowest BCUT2D eigenvalue weighted by Crippen LogP contribution is -1.97. The molecule has 0 unspecified atom stereocenters. The maximum Gasteiger partial charge on any atom is 0.138 e. The van der Waals surface area contributed by atoms with E-state index in [4.69, 9.17) is 4.74 Å². The van der Waals surface area contributed by atoms with E-state index in [0.717, 1.165) is 33.9 Å². The molecule has 5 heteroatoms. The van der Waals surface area contributed by atoms with Gasteiger partial charge in [0, 0.05) is 18.2 Å². The Morgan fingerprint density at radius 1 is 1.17 bits per heavy atom. The largest absolute Gasteiger partial charge is 0.492 e. The Labute approximate surface area is 115 Å². The molecule has 18 heavy (non-hydrogen) atoms. The first-order valence-corrected chi connectivity index (χ1v) is 6.64. The monoisotopic (exact) mass is 307 g/mol. The normalized spacial score (nSPS) is 10.4. The minimum atomic E-state index is 0.624. The van der Waals surface area contributed by atoms with Gasteiger partial charge < -0.3 is 4.74 Å². The van der Waals surface area contributed by atoms with Crippen molar-refractivity contribution in [3.63, 3.8) is 0 Å². The number of pyridine rings is 1. The summed E-state index contributed by atoms with van der Waals surface area (Å²) in [6.07, 6.45) is 4.27. The van der Waals surface area contributed by atoms with E-state index < -0.39 is 0 Å². The van der Waals surface area contributed by atoms with Crippen molar-refractivity contribution in [3.8, 4) is 17.0 Å². The van der Waals surface area contributed by atoms with E-state index in [2.05, 4.69) is 30.9 Å². The van der Waals surface area contributed by atoms with Crippen LogP contribution in [0, 0.1) is 0 Å². The molecular weight excluding hydrogens is 294 g/mol. The lowest BCUT2D eigenvalue weighted by atomic mass is 10.2. The maximum atomic E-state index is 5.44. The lowest BCUT2D eigenvalue weighted by Gasteiger charge is -2.06. The van der Waals surface area contributed by atoms with Gasteiger partial charge in [0.25, 0.3) is 0 Å². The molecule has 0 radical (unpaired) electrons. The van der Waals surface area contributed by atoms with Gasteiger partial charge in [0.2, 0.25) is 0 Å².